The molecule has 10 heteroatoms. The van der Waals surface area contributed by atoms with E-state index < -0.39 is 0 Å². The summed E-state index contributed by atoms with van der Waals surface area (Å²) in [6.07, 6.45) is 1.88. The maximum absolute atomic E-state index is 6.51. The summed E-state index contributed by atoms with van der Waals surface area (Å²) < 4.78 is 12.9. The number of hydrogen-bond donors (Lipinski definition) is 1. The number of ether oxygens (including phenoxy) is 2. The first kappa shape index (κ1) is 33.7. The van der Waals surface area contributed by atoms with Crippen LogP contribution in [0.1, 0.15) is 12.8 Å². The molecule has 1 N–H and O–H groups in total. The summed E-state index contributed by atoms with van der Waals surface area (Å²) in [4.78, 5) is 9.57. The van der Waals surface area contributed by atoms with Gasteiger partial charge in [-0.15, -0.1) is 46.4 Å². The van der Waals surface area contributed by atoms with E-state index in [0.717, 1.165) is 78.7 Å². The van der Waals surface area contributed by atoms with Crippen molar-refractivity contribution in [2.24, 2.45) is 0 Å². The van der Waals surface area contributed by atoms with Gasteiger partial charge in [-0.1, -0.05) is 36.4 Å². The van der Waals surface area contributed by atoms with Crippen molar-refractivity contribution in [2.45, 2.75) is 12.8 Å². The number of nitrogens with one attached hydrogen (secondary N) is 1. The number of aromatic nitrogens is 1. The van der Waals surface area contributed by atoms with Crippen LogP contribution in [0.5, 0.6) is 11.5 Å². The molecular weight excluding hydrogens is 626 g/mol. The van der Waals surface area contributed by atoms with E-state index in [2.05, 4.69) is 39.4 Å². The van der Waals surface area contributed by atoms with Gasteiger partial charge in [0.1, 0.15) is 12.1 Å². The van der Waals surface area contributed by atoms with Crippen LogP contribution in [0.2, 0.25) is 0 Å². The van der Waals surface area contributed by atoms with E-state index in [-0.39, 0.29) is 0 Å². The normalized spacial score (nSPS) is 11.6. The van der Waals surface area contributed by atoms with E-state index in [0.29, 0.717) is 54.8 Å². The Hall–Kier alpha value is -2.19. The van der Waals surface area contributed by atoms with Gasteiger partial charge in [-0.2, -0.15) is 0 Å². The average Bonchev–Trinajstić information content (AvgIpc) is 3.02. The number of pyridine rings is 1. The van der Waals surface area contributed by atoms with E-state index >= 15 is 0 Å². The molecule has 6 nitrogen and oxygen atoms in total. The minimum atomic E-state index is 0.449. The van der Waals surface area contributed by atoms with Crippen LogP contribution in [0, 0.1) is 0 Å². The number of benzene rings is 3. The molecule has 0 saturated heterocycles. The van der Waals surface area contributed by atoms with Crippen LogP contribution in [-0.2, 0) is 0 Å². The highest BCUT2D eigenvalue weighted by Crippen LogP contribution is 2.41. The molecule has 0 saturated carbocycles. The lowest BCUT2D eigenvalue weighted by atomic mass is 10.1. The third-order valence-electron chi connectivity index (χ3n) is 7.20. The third-order valence-corrected chi connectivity index (χ3v) is 7.87. The topological polar surface area (TPSA) is 49.9 Å². The Morgan fingerprint density at radius 2 is 1.26 bits per heavy atom. The number of para-hydroxylation sites is 2. The Morgan fingerprint density at radius 1 is 0.605 bits per heavy atom. The van der Waals surface area contributed by atoms with Gasteiger partial charge in [-0.25, -0.2) is 4.98 Å². The van der Waals surface area contributed by atoms with Gasteiger partial charge >= 0.3 is 0 Å². The Balaban J connectivity index is 1.63. The van der Waals surface area contributed by atoms with E-state index in [1.165, 1.54) is 0 Å². The molecule has 0 fully saturated rings. The number of halogens is 4. The molecule has 3 aromatic carbocycles. The first-order chi connectivity index (χ1) is 21.2. The molecule has 0 unspecified atom stereocenters. The predicted octanol–water partition coefficient (Wildman–Crippen LogP) is 8.23. The summed E-state index contributed by atoms with van der Waals surface area (Å²) in [7, 11) is 0. The zero-order valence-electron chi connectivity index (χ0n) is 24.4. The molecule has 0 atom stereocenters. The van der Waals surface area contributed by atoms with Crippen LogP contribution in [0.25, 0.3) is 21.8 Å². The van der Waals surface area contributed by atoms with Crippen molar-refractivity contribution in [1.29, 1.82) is 0 Å². The molecule has 0 spiro atoms. The SMILES string of the molecule is ClCCN(CCCl)CCCCOc1ccc2c(Nc3ccccc3)c3ccccc3nc2c1OCCN(CCCl)CCCl. The number of nitrogens with zero attached hydrogens (tertiary/aromatic N) is 3. The molecule has 4 aromatic rings. The number of hydrogen-bond acceptors (Lipinski definition) is 6. The molecule has 1 aromatic heterocycles. The van der Waals surface area contributed by atoms with Crippen LogP contribution in [0.3, 0.4) is 0 Å². The largest absolute Gasteiger partial charge is 0.490 e. The highest BCUT2D eigenvalue weighted by atomic mass is 35.5. The second kappa shape index (κ2) is 18.6. The van der Waals surface area contributed by atoms with Crippen molar-refractivity contribution in [3.8, 4) is 11.5 Å². The van der Waals surface area contributed by atoms with E-state index in [1.54, 1.807) is 0 Å². The van der Waals surface area contributed by atoms with Crippen molar-refractivity contribution in [3.63, 3.8) is 0 Å². The van der Waals surface area contributed by atoms with Gasteiger partial charge in [0.2, 0.25) is 0 Å². The Morgan fingerprint density at radius 3 is 1.95 bits per heavy atom. The number of rotatable bonds is 20. The van der Waals surface area contributed by atoms with Gasteiger partial charge in [0.15, 0.2) is 11.5 Å². The lowest BCUT2D eigenvalue weighted by Crippen LogP contribution is -2.32. The molecule has 1 heterocycles. The van der Waals surface area contributed by atoms with Crippen molar-refractivity contribution < 1.29 is 9.47 Å². The second-order valence-corrected chi connectivity index (χ2v) is 11.6. The highest BCUT2D eigenvalue weighted by molar-refractivity contribution is 6.18. The van der Waals surface area contributed by atoms with Gasteiger partial charge in [0.05, 0.1) is 17.8 Å². The van der Waals surface area contributed by atoms with Gasteiger partial charge in [-0.3, -0.25) is 4.90 Å². The monoisotopic (exact) mass is 664 g/mol. The summed E-state index contributed by atoms with van der Waals surface area (Å²) >= 11 is 24.0. The van der Waals surface area contributed by atoms with Crippen LogP contribution >= 0.6 is 46.4 Å². The zero-order valence-corrected chi connectivity index (χ0v) is 27.4. The van der Waals surface area contributed by atoms with E-state index in [9.17, 15) is 0 Å². The molecule has 0 amide bonds. The summed E-state index contributed by atoms with van der Waals surface area (Å²) in [5.41, 5.74) is 3.61. The third kappa shape index (κ3) is 9.90. The lowest BCUT2D eigenvalue weighted by molar-refractivity contribution is 0.213. The van der Waals surface area contributed by atoms with E-state index in [1.807, 2.05) is 42.5 Å². The Bertz CT molecular complexity index is 1380. The molecule has 43 heavy (non-hydrogen) atoms. The van der Waals surface area contributed by atoms with Crippen molar-refractivity contribution in [2.75, 3.05) is 81.3 Å². The first-order valence-corrected chi connectivity index (χ1v) is 16.9. The van der Waals surface area contributed by atoms with Gasteiger partial charge in [-0.05, 0) is 49.7 Å². The van der Waals surface area contributed by atoms with Crippen molar-refractivity contribution in [1.82, 2.24) is 14.8 Å². The highest BCUT2D eigenvalue weighted by Gasteiger charge is 2.18. The number of fused-ring (bicyclic) bond motifs is 2. The molecule has 0 aliphatic carbocycles. The molecular formula is C33H40Cl4N4O2. The maximum atomic E-state index is 6.51. The van der Waals surface area contributed by atoms with Crippen LogP contribution in [0.4, 0.5) is 11.4 Å². The molecule has 0 aliphatic heterocycles. The van der Waals surface area contributed by atoms with Gasteiger partial charge in [0.25, 0.3) is 0 Å². The molecule has 0 aliphatic rings. The standard InChI is InChI=1S/C33H40Cl4N4O2/c34-14-19-40(20-15-35)18-6-7-24-42-30-13-12-28-31(38-26-8-2-1-3-9-26)27-10-4-5-11-29(27)39-32(28)33(30)43-25-23-41(21-16-36)22-17-37/h1-5,8-13H,6-7,14-25H2,(H,38,39). The van der Waals surface area contributed by atoms with Crippen LogP contribution in [0.15, 0.2) is 66.7 Å². The zero-order chi connectivity index (χ0) is 30.3. The Labute approximate surface area is 275 Å². The number of unbranched alkanes of at least 4 members (excludes halogenated alkanes) is 1. The molecule has 4 rings (SSSR count). The summed E-state index contributed by atoms with van der Waals surface area (Å²) in [5.74, 6) is 3.59. The van der Waals surface area contributed by atoms with Gasteiger partial charge in [0, 0.05) is 72.7 Å². The fourth-order valence-electron chi connectivity index (χ4n) is 5.01. The predicted molar refractivity (Wildman–Crippen MR) is 185 cm³/mol. The van der Waals surface area contributed by atoms with E-state index in [4.69, 9.17) is 60.9 Å². The van der Waals surface area contributed by atoms with Crippen molar-refractivity contribution >= 4 is 79.6 Å². The average molecular weight is 667 g/mol. The lowest BCUT2D eigenvalue weighted by Gasteiger charge is -2.22. The first-order valence-electron chi connectivity index (χ1n) is 14.8. The quantitative estimate of drug-likeness (QED) is 0.0583. The summed E-state index contributed by atoms with van der Waals surface area (Å²) in [6.45, 7) is 5.79. The molecule has 0 bridgehead atoms. The fraction of sp³-hybridized carbons (Fsp3) is 0.424. The molecule has 232 valence electrons. The number of anilines is 2. The van der Waals surface area contributed by atoms with Gasteiger partial charge < -0.3 is 19.7 Å². The summed E-state index contributed by atoms with van der Waals surface area (Å²) in [5, 5.41) is 5.63. The minimum Gasteiger partial charge on any atom is -0.490 e. The van der Waals surface area contributed by atoms with Crippen LogP contribution < -0.4 is 14.8 Å². The van der Waals surface area contributed by atoms with Crippen LogP contribution in [-0.4, -0.2) is 90.8 Å². The van der Waals surface area contributed by atoms with Crippen molar-refractivity contribution in [3.05, 3.63) is 66.7 Å². The Kier molecular flexibility index (Phi) is 14.6. The summed E-state index contributed by atoms with van der Waals surface area (Å²) in [6, 6.07) is 22.4. The fourth-order valence-corrected chi connectivity index (χ4v) is 5.97. The maximum Gasteiger partial charge on any atom is 0.187 e. The number of alkyl halides is 4. The minimum absolute atomic E-state index is 0.449. The second-order valence-electron chi connectivity index (χ2n) is 10.1. The smallest absolute Gasteiger partial charge is 0.187 e. The molecule has 0 radical (unpaired) electrons.